The van der Waals surface area contributed by atoms with Crippen LogP contribution in [0.2, 0.25) is 0 Å². The van der Waals surface area contributed by atoms with Crippen LogP contribution in [-0.4, -0.2) is 26.8 Å². The van der Waals surface area contributed by atoms with Gasteiger partial charge in [-0.15, -0.1) is 0 Å². The van der Waals surface area contributed by atoms with Crippen molar-refractivity contribution < 1.29 is 13.2 Å². The lowest BCUT2D eigenvalue weighted by Gasteiger charge is -2.14. The Morgan fingerprint density at radius 2 is 2.16 bits per heavy atom. The Kier molecular flexibility index (Phi) is 6.11. The highest BCUT2D eigenvalue weighted by atomic mass is 32.2. The van der Waals surface area contributed by atoms with Crippen molar-refractivity contribution in [3.05, 3.63) is 24.3 Å². The lowest BCUT2D eigenvalue weighted by Crippen LogP contribution is -2.19. The van der Waals surface area contributed by atoms with Gasteiger partial charge in [0.05, 0.1) is 17.5 Å². The van der Waals surface area contributed by atoms with Crippen LogP contribution < -0.4 is 15.2 Å². The summed E-state index contributed by atoms with van der Waals surface area (Å²) in [6.45, 7) is 4.36. The number of sulfonamides is 1. The molecule has 19 heavy (non-hydrogen) atoms. The van der Waals surface area contributed by atoms with E-state index in [0.717, 1.165) is 6.42 Å². The van der Waals surface area contributed by atoms with Crippen molar-refractivity contribution in [1.82, 2.24) is 0 Å². The normalized spacial score (nSPS) is 13.0. The van der Waals surface area contributed by atoms with Crippen LogP contribution >= 0.6 is 0 Å². The van der Waals surface area contributed by atoms with Crippen molar-refractivity contribution in [1.29, 1.82) is 0 Å². The fourth-order valence-corrected chi connectivity index (χ4v) is 2.59. The smallest absolute Gasteiger partial charge is 0.232 e. The van der Waals surface area contributed by atoms with Gasteiger partial charge in [-0.05, 0) is 38.4 Å². The largest absolute Gasteiger partial charge is 0.491 e. The molecule has 108 valence electrons. The third-order valence-corrected chi connectivity index (χ3v) is 4.01. The number of rotatable bonds is 8. The van der Waals surface area contributed by atoms with Gasteiger partial charge in [-0.25, -0.2) is 8.42 Å². The van der Waals surface area contributed by atoms with Crippen LogP contribution in [0, 0.1) is 0 Å². The predicted molar refractivity (Wildman–Crippen MR) is 77.9 cm³/mol. The molecule has 0 saturated carbocycles. The average Bonchev–Trinajstić information content (AvgIpc) is 2.36. The van der Waals surface area contributed by atoms with Gasteiger partial charge in [0.1, 0.15) is 5.75 Å². The Balaban J connectivity index is 2.71. The Hall–Kier alpha value is -1.27. The van der Waals surface area contributed by atoms with E-state index in [1.807, 2.05) is 19.9 Å². The standard InChI is InChI=1S/C13H22N2O3S/c1-3-11(2)18-13-7-4-6-12(10-13)15-19(16,17)9-5-8-14/h4,6-7,10-11,15H,3,5,8-9,14H2,1-2H3. The summed E-state index contributed by atoms with van der Waals surface area (Å²) in [6, 6.07) is 6.96. The first-order chi connectivity index (χ1) is 8.96. The molecule has 6 heteroatoms. The number of anilines is 1. The average molecular weight is 286 g/mol. The molecule has 1 rings (SSSR count). The molecular formula is C13H22N2O3S. The molecule has 0 amide bonds. The molecule has 0 saturated heterocycles. The molecular weight excluding hydrogens is 264 g/mol. The first-order valence-electron chi connectivity index (χ1n) is 6.44. The summed E-state index contributed by atoms with van der Waals surface area (Å²) < 4.78 is 31.6. The summed E-state index contributed by atoms with van der Waals surface area (Å²) in [4.78, 5) is 0. The Bertz CT molecular complexity index is 488. The van der Waals surface area contributed by atoms with Crippen molar-refractivity contribution in [2.45, 2.75) is 32.8 Å². The molecule has 1 aromatic rings. The summed E-state index contributed by atoms with van der Waals surface area (Å²) in [7, 11) is -3.33. The third kappa shape index (κ3) is 5.94. The molecule has 0 aliphatic rings. The molecule has 5 nitrogen and oxygen atoms in total. The van der Waals surface area contributed by atoms with Crippen molar-refractivity contribution in [2.75, 3.05) is 17.0 Å². The van der Waals surface area contributed by atoms with Gasteiger partial charge < -0.3 is 10.5 Å². The van der Waals surface area contributed by atoms with Crippen LogP contribution in [-0.2, 0) is 10.0 Å². The van der Waals surface area contributed by atoms with E-state index in [-0.39, 0.29) is 11.9 Å². The minimum absolute atomic E-state index is 0.0277. The van der Waals surface area contributed by atoms with Gasteiger partial charge in [-0.1, -0.05) is 13.0 Å². The number of nitrogens with two attached hydrogens (primary N) is 1. The topological polar surface area (TPSA) is 81.4 Å². The van der Waals surface area contributed by atoms with Crippen molar-refractivity contribution >= 4 is 15.7 Å². The first kappa shape index (κ1) is 15.8. The predicted octanol–water partition coefficient (Wildman–Crippen LogP) is 1.95. The molecule has 0 fully saturated rings. The zero-order valence-corrected chi connectivity index (χ0v) is 12.2. The monoisotopic (exact) mass is 286 g/mol. The molecule has 0 aliphatic heterocycles. The molecule has 0 bridgehead atoms. The fraction of sp³-hybridized carbons (Fsp3) is 0.538. The van der Waals surface area contributed by atoms with Crippen LogP contribution in [0.5, 0.6) is 5.75 Å². The van der Waals surface area contributed by atoms with Crippen LogP contribution in [0.25, 0.3) is 0 Å². The van der Waals surface area contributed by atoms with Gasteiger partial charge >= 0.3 is 0 Å². The summed E-state index contributed by atoms with van der Waals surface area (Å²) in [5.41, 5.74) is 5.82. The van der Waals surface area contributed by atoms with Gasteiger partial charge in [0, 0.05) is 6.07 Å². The zero-order valence-electron chi connectivity index (χ0n) is 11.4. The maximum atomic E-state index is 11.7. The van der Waals surface area contributed by atoms with Crippen molar-refractivity contribution in [2.24, 2.45) is 5.73 Å². The second kappa shape index (κ2) is 7.35. The van der Waals surface area contributed by atoms with Crippen LogP contribution in [0.3, 0.4) is 0 Å². The molecule has 0 spiro atoms. The molecule has 0 aromatic heterocycles. The van der Waals surface area contributed by atoms with E-state index in [1.165, 1.54) is 0 Å². The van der Waals surface area contributed by atoms with E-state index < -0.39 is 10.0 Å². The van der Waals surface area contributed by atoms with E-state index in [4.69, 9.17) is 10.5 Å². The lowest BCUT2D eigenvalue weighted by molar-refractivity contribution is 0.217. The quantitative estimate of drug-likeness (QED) is 0.765. The van der Waals surface area contributed by atoms with Crippen LogP contribution in [0.4, 0.5) is 5.69 Å². The van der Waals surface area contributed by atoms with E-state index in [9.17, 15) is 8.42 Å². The summed E-state index contributed by atoms with van der Waals surface area (Å²) in [6.07, 6.45) is 1.44. The van der Waals surface area contributed by atoms with E-state index in [2.05, 4.69) is 4.72 Å². The summed E-state index contributed by atoms with van der Waals surface area (Å²) in [5, 5.41) is 0. The van der Waals surface area contributed by atoms with Crippen LogP contribution in [0.15, 0.2) is 24.3 Å². The Morgan fingerprint density at radius 3 is 2.79 bits per heavy atom. The van der Waals surface area contributed by atoms with Gasteiger partial charge in [-0.3, -0.25) is 4.72 Å². The van der Waals surface area contributed by atoms with Crippen molar-refractivity contribution in [3.8, 4) is 5.75 Å². The second-order valence-electron chi connectivity index (χ2n) is 4.43. The fourth-order valence-electron chi connectivity index (χ4n) is 1.45. The van der Waals surface area contributed by atoms with E-state index in [0.29, 0.717) is 24.4 Å². The molecule has 1 aromatic carbocycles. The van der Waals surface area contributed by atoms with Crippen LogP contribution in [0.1, 0.15) is 26.7 Å². The SMILES string of the molecule is CCC(C)Oc1cccc(NS(=O)(=O)CCCN)c1. The minimum Gasteiger partial charge on any atom is -0.491 e. The first-order valence-corrected chi connectivity index (χ1v) is 8.09. The van der Waals surface area contributed by atoms with E-state index in [1.54, 1.807) is 18.2 Å². The maximum Gasteiger partial charge on any atom is 0.232 e. The Labute approximate surface area is 115 Å². The summed E-state index contributed by atoms with van der Waals surface area (Å²) in [5.74, 6) is 0.688. The zero-order chi connectivity index (χ0) is 14.3. The van der Waals surface area contributed by atoms with E-state index >= 15 is 0 Å². The number of benzene rings is 1. The van der Waals surface area contributed by atoms with Gasteiger partial charge in [0.25, 0.3) is 0 Å². The minimum atomic E-state index is -3.33. The van der Waals surface area contributed by atoms with Gasteiger partial charge in [-0.2, -0.15) is 0 Å². The molecule has 0 radical (unpaired) electrons. The molecule has 1 unspecified atom stereocenters. The highest BCUT2D eigenvalue weighted by Gasteiger charge is 2.10. The third-order valence-electron chi connectivity index (χ3n) is 2.64. The highest BCUT2D eigenvalue weighted by molar-refractivity contribution is 7.92. The summed E-state index contributed by atoms with van der Waals surface area (Å²) >= 11 is 0. The number of nitrogens with one attached hydrogen (secondary N) is 1. The van der Waals surface area contributed by atoms with Crippen molar-refractivity contribution in [3.63, 3.8) is 0 Å². The molecule has 1 atom stereocenters. The number of hydrogen-bond donors (Lipinski definition) is 2. The Morgan fingerprint density at radius 1 is 1.42 bits per heavy atom. The molecule has 3 N–H and O–H groups in total. The highest BCUT2D eigenvalue weighted by Crippen LogP contribution is 2.20. The van der Waals surface area contributed by atoms with Gasteiger partial charge in [0.15, 0.2) is 0 Å². The molecule has 0 aliphatic carbocycles. The number of hydrogen-bond acceptors (Lipinski definition) is 4. The number of ether oxygens (including phenoxy) is 1. The second-order valence-corrected chi connectivity index (χ2v) is 6.27. The molecule has 0 heterocycles. The maximum absolute atomic E-state index is 11.7. The van der Waals surface area contributed by atoms with Gasteiger partial charge in [0.2, 0.25) is 10.0 Å². The lowest BCUT2D eigenvalue weighted by atomic mass is 10.3.